The SMILES string of the molecule is CCCS(=O)(=O)Nc1nc2ccccc2nc1Nc1cc(O)ccc1CCSC. The van der Waals surface area contributed by atoms with Gasteiger partial charge in [-0.1, -0.05) is 25.1 Å². The first-order chi connectivity index (χ1) is 13.9. The zero-order valence-electron chi connectivity index (χ0n) is 16.3. The number of fused-ring (bicyclic) bond motifs is 1. The van der Waals surface area contributed by atoms with Crippen molar-refractivity contribution in [2.45, 2.75) is 19.8 Å². The molecule has 0 amide bonds. The lowest BCUT2D eigenvalue weighted by molar-refractivity contribution is 0.475. The van der Waals surface area contributed by atoms with Crippen molar-refractivity contribution in [2.24, 2.45) is 0 Å². The van der Waals surface area contributed by atoms with Gasteiger partial charge >= 0.3 is 0 Å². The zero-order chi connectivity index (χ0) is 20.9. The van der Waals surface area contributed by atoms with Gasteiger partial charge in [-0.05, 0) is 48.6 Å². The Bertz CT molecular complexity index is 1100. The average Bonchev–Trinajstić information content (AvgIpc) is 2.67. The molecule has 1 aromatic heterocycles. The first-order valence-corrected chi connectivity index (χ1v) is 12.3. The summed E-state index contributed by atoms with van der Waals surface area (Å²) in [7, 11) is -3.55. The molecule has 7 nitrogen and oxygen atoms in total. The van der Waals surface area contributed by atoms with Gasteiger partial charge in [0.15, 0.2) is 11.6 Å². The second-order valence-electron chi connectivity index (χ2n) is 6.54. The monoisotopic (exact) mass is 432 g/mol. The third-order valence-electron chi connectivity index (χ3n) is 4.22. The summed E-state index contributed by atoms with van der Waals surface area (Å²) in [6.45, 7) is 1.80. The number of thioether (sulfide) groups is 1. The number of aromatic nitrogens is 2. The highest BCUT2D eigenvalue weighted by Crippen LogP contribution is 2.30. The standard InChI is InChI=1S/C20H24N4O3S2/c1-3-12-29(26,27)24-20-19(21-16-6-4-5-7-17(16)22-20)23-18-13-15(25)9-8-14(18)10-11-28-2/h4-9,13,25H,3,10-12H2,1-2H3,(H,21,23)(H,22,24). The normalized spacial score (nSPS) is 11.5. The van der Waals surface area contributed by atoms with E-state index in [9.17, 15) is 13.5 Å². The van der Waals surface area contributed by atoms with Crippen molar-refractivity contribution in [1.82, 2.24) is 9.97 Å². The van der Waals surface area contributed by atoms with Gasteiger partial charge in [-0.25, -0.2) is 18.4 Å². The highest BCUT2D eigenvalue weighted by molar-refractivity contribution is 7.98. The molecule has 2 aromatic carbocycles. The van der Waals surface area contributed by atoms with Gasteiger partial charge in [0.25, 0.3) is 0 Å². The molecule has 0 saturated heterocycles. The van der Waals surface area contributed by atoms with E-state index in [1.54, 1.807) is 36.9 Å². The van der Waals surface area contributed by atoms with Gasteiger partial charge in [-0.15, -0.1) is 0 Å². The number of hydrogen-bond donors (Lipinski definition) is 3. The minimum absolute atomic E-state index is 0.00789. The van der Waals surface area contributed by atoms with Crippen LogP contribution in [0.1, 0.15) is 18.9 Å². The Balaban J connectivity index is 2.06. The Morgan fingerprint density at radius 2 is 1.76 bits per heavy atom. The molecular weight excluding hydrogens is 408 g/mol. The highest BCUT2D eigenvalue weighted by Gasteiger charge is 2.17. The third-order valence-corrected chi connectivity index (χ3v) is 6.28. The van der Waals surface area contributed by atoms with Crippen LogP contribution in [0.5, 0.6) is 5.75 Å². The lowest BCUT2D eigenvalue weighted by Crippen LogP contribution is -2.18. The van der Waals surface area contributed by atoms with Gasteiger partial charge in [0.05, 0.1) is 16.8 Å². The molecule has 0 aliphatic rings. The second-order valence-corrected chi connectivity index (χ2v) is 9.37. The average molecular weight is 433 g/mol. The molecule has 0 bridgehead atoms. The molecule has 0 atom stereocenters. The number of rotatable bonds is 9. The molecule has 154 valence electrons. The van der Waals surface area contributed by atoms with E-state index in [-0.39, 0.29) is 17.3 Å². The molecule has 0 aliphatic heterocycles. The first kappa shape index (κ1) is 21.2. The van der Waals surface area contributed by atoms with Crippen LogP contribution >= 0.6 is 11.8 Å². The Hall–Kier alpha value is -2.52. The number of anilines is 3. The maximum absolute atomic E-state index is 12.4. The fraction of sp³-hybridized carbons (Fsp3) is 0.300. The number of phenolic OH excluding ortho intramolecular Hbond substituents is 1. The predicted molar refractivity (Wildman–Crippen MR) is 121 cm³/mol. The van der Waals surface area contributed by atoms with Crippen LogP contribution < -0.4 is 10.0 Å². The van der Waals surface area contributed by atoms with Crippen molar-refractivity contribution in [2.75, 3.05) is 27.8 Å². The number of aromatic hydroxyl groups is 1. The van der Waals surface area contributed by atoms with E-state index in [1.165, 1.54) is 0 Å². The quantitative estimate of drug-likeness (QED) is 0.467. The van der Waals surface area contributed by atoms with Crippen LogP contribution in [0.2, 0.25) is 0 Å². The molecule has 3 aromatic rings. The number of hydrogen-bond acceptors (Lipinski definition) is 7. The number of aryl methyl sites for hydroxylation is 1. The van der Waals surface area contributed by atoms with E-state index >= 15 is 0 Å². The summed E-state index contributed by atoms with van der Waals surface area (Å²) in [5.41, 5.74) is 2.89. The number of sulfonamides is 1. The minimum Gasteiger partial charge on any atom is -0.508 e. The Morgan fingerprint density at radius 3 is 2.41 bits per heavy atom. The van der Waals surface area contributed by atoms with Gasteiger partial charge in [0.2, 0.25) is 10.0 Å². The lowest BCUT2D eigenvalue weighted by Gasteiger charge is -2.16. The molecule has 0 radical (unpaired) electrons. The fourth-order valence-corrected chi connectivity index (χ4v) is 4.36. The summed E-state index contributed by atoms with van der Waals surface area (Å²) < 4.78 is 27.3. The molecule has 29 heavy (non-hydrogen) atoms. The van der Waals surface area contributed by atoms with Crippen LogP contribution in [-0.4, -0.2) is 41.3 Å². The van der Waals surface area contributed by atoms with Gasteiger partial charge in [0.1, 0.15) is 5.75 Å². The molecule has 3 N–H and O–H groups in total. The zero-order valence-corrected chi connectivity index (χ0v) is 18.0. The van der Waals surface area contributed by atoms with E-state index in [2.05, 4.69) is 20.0 Å². The number of nitrogens with zero attached hydrogens (tertiary/aromatic N) is 2. The molecular formula is C20H24N4O3S2. The minimum atomic E-state index is -3.55. The molecule has 0 spiro atoms. The van der Waals surface area contributed by atoms with Crippen LogP contribution in [0.25, 0.3) is 11.0 Å². The number of benzene rings is 2. The van der Waals surface area contributed by atoms with Crippen molar-refractivity contribution in [3.05, 3.63) is 48.0 Å². The first-order valence-electron chi connectivity index (χ1n) is 9.27. The number of para-hydroxylation sites is 2. The van der Waals surface area contributed by atoms with Crippen LogP contribution in [0.15, 0.2) is 42.5 Å². The molecule has 3 rings (SSSR count). The van der Waals surface area contributed by atoms with Crippen LogP contribution in [0.4, 0.5) is 17.3 Å². The van der Waals surface area contributed by atoms with Gasteiger partial charge in [0, 0.05) is 11.8 Å². The third kappa shape index (κ3) is 5.51. The predicted octanol–water partition coefficient (Wildman–Crippen LogP) is 4.14. The van der Waals surface area contributed by atoms with Crippen LogP contribution in [0, 0.1) is 0 Å². The fourth-order valence-electron chi connectivity index (χ4n) is 2.86. The molecule has 0 aliphatic carbocycles. The number of nitrogens with one attached hydrogen (secondary N) is 2. The van der Waals surface area contributed by atoms with Crippen molar-refractivity contribution in [1.29, 1.82) is 0 Å². The van der Waals surface area contributed by atoms with Crippen LogP contribution in [-0.2, 0) is 16.4 Å². The highest BCUT2D eigenvalue weighted by atomic mass is 32.2. The van der Waals surface area contributed by atoms with E-state index in [0.717, 1.165) is 17.7 Å². The molecule has 0 saturated carbocycles. The number of phenols is 1. The molecule has 0 unspecified atom stereocenters. The maximum atomic E-state index is 12.4. The van der Waals surface area contributed by atoms with Crippen molar-refractivity contribution in [3.63, 3.8) is 0 Å². The Labute approximate surface area is 175 Å². The summed E-state index contributed by atoms with van der Waals surface area (Å²) in [5.74, 6) is 1.45. The molecule has 0 fully saturated rings. The van der Waals surface area contributed by atoms with Gasteiger partial charge in [-0.2, -0.15) is 11.8 Å². The summed E-state index contributed by atoms with van der Waals surface area (Å²) in [6.07, 6.45) is 3.31. The molecule has 1 heterocycles. The van der Waals surface area contributed by atoms with Gasteiger partial charge in [-0.3, -0.25) is 4.72 Å². The molecule has 9 heteroatoms. The van der Waals surface area contributed by atoms with E-state index in [0.29, 0.717) is 29.0 Å². The van der Waals surface area contributed by atoms with Crippen LogP contribution in [0.3, 0.4) is 0 Å². The van der Waals surface area contributed by atoms with Crippen molar-refractivity contribution >= 4 is 50.1 Å². The van der Waals surface area contributed by atoms with E-state index < -0.39 is 10.0 Å². The summed E-state index contributed by atoms with van der Waals surface area (Å²) in [4.78, 5) is 9.05. The summed E-state index contributed by atoms with van der Waals surface area (Å²) in [6, 6.07) is 12.4. The van der Waals surface area contributed by atoms with Gasteiger partial charge < -0.3 is 10.4 Å². The van der Waals surface area contributed by atoms with E-state index in [4.69, 9.17) is 0 Å². The summed E-state index contributed by atoms with van der Waals surface area (Å²) in [5, 5.41) is 13.1. The Kier molecular flexibility index (Phi) is 6.81. The summed E-state index contributed by atoms with van der Waals surface area (Å²) >= 11 is 1.72. The second kappa shape index (κ2) is 9.32. The Morgan fingerprint density at radius 1 is 1.07 bits per heavy atom. The topological polar surface area (TPSA) is 104 Å². The van der Waals surface area contributed by atoms with Crippen molar-refractivity contribution < 1.29 is 13.5 Å². The van der Waals surface area contributed by atoms with E-state index in [1.807, 2.05) is 30.5 Å². The smallest absolute Gasteiger partial charge is 0.233 e. The maximum Gasteiger partial charge on any atom is 0.233 e. The largest absolute Gasteiger partial charge is 0.508 e. The van der Waals surface area contributed by atoms with Crippen molar-refractivity contribution in [3.8, 4) is 5.75 Å². The lowest BCUT2D eigenvalue weighted by atomic mass is 10.1.